The Balaban J connectivity index is 2.54. The number of carboxylic acids is 1. The van der Waals surface area contributed by atoms with Gasteiger partial charge in [0.2, 0.25) is 5.91 Å². The number of nitrogens with one attached hydrogen (secondary N) is 1. The minimum absolute atomic E-state index is 0.319. The third-order valence-electron chi connectivity index (χ3n) is 3.71. The summed E-state index contributed by atoms with van der Waals surface area (Å²) in [7, 11) is 0. The molecule has 5 heteroatoms. The number of unbranched alkanes of at least 4 members (excludes halogenated alkanes) is 1. The average molecular weight is 271 g/mol. The van der Waals surface area contributed by atoms with Crippen molar-refractivity contribution in [3.05, 3.63) is 0 Å². The van der Waals surface area contributed by atoms with Gasteiger partial charge in [-0.05, 0) is 26.2 Å². The minimum atomic E-state index is -1.09. The molecule has 1 rings (SSSR count). The van der Waals surface area contributed by atoms with Crippen molar-refractivity contribution < 1.29 is 19.4 Å². The zero-order chi connectivity index (χ0) is 14.3. The molecule has 1 saturated carbocycles. The van der Waals surface area contributed by atoms with Gasteiger partial charge >= 0.3 is 5.97 Å². The second-order valence-electron chi connectivity index (χ2n) is 5.30. The summed E-state index contributed by atoms with van der Waals surface area (Å²) in [5.74, 6) is -1.25. The molecule has 0 aliphatic heterocycles. The number of carboxylic acid groups (broad SMARTS) is 1. The maximum Gasteiger partial charge on any atom is 0.329 e. The molecule has 0 saturated heterocycles. The summed E-state index contributed by atoms with van der Waals surface area (Å²) in [4.78, 5) is 23.5. The Bertz CT molecular complexity index is 311. The van der Waals surface area contributed by atoms with Gasteiger partial charge in [0.05, 0.1) is 0 Å². The molecule has 0 radical (unpaired) electrons. The van der Waals surface area contributed by atoms with Crippen molar-refractivity contribution in [3.8, 4) is 0 Å². The summed E-state index contributed by atoms with van der Waals surface area (Å²) in [6.07, 6.45) is 5.06. The second kappa shape index (κ2) is 7.48. The van der Waals surface area contributed by atoms with Gasteiger partial charge in [-0.15, -0.1) is 0 Å². The van der Waals surface area contributed by atoms with Crippen molar-refractivity contribution in [2.45, 2.75) is 70.4 Å². The van der Waals surface area contributed by atoms with E-state index in [2.05, 4.69) is 12.2 Å². The zero-order valence-electron chi connectivity index (χ0n) is 11.9. The number of amides is 1. The molecule has 0 aromatic rings. The molecular weight excluding hydrogens is 246 g/mol. The first-order valence-corrected chi connectivity index (χ1v) is 7.19. The van der Waals surface area contributed by atoms with Crippen molar-refractivity contribution in [2.24, 2.45) is 0 Å². The van der Waals surface area contributed by atoms with E-state index in [1.54, 1.807) is 6.92 Å². The quantitative estimate of drug-likeness (QED) is 0.695. The number of hydrogen-bond donors (Lipinski definition) is 2. The van der Waals surface area contributed by atoms with E-state index in [0.29, 0.717) is 19.4 Å². The van der Waals surface area contributed by atoms with Crippen LogP contribution in [0.4, 0.5) is 0 Å². The molecule has 0 spiro atoms. The van der Waals surface area contributed by atoms with Crippen molar-refractivity contribution >= 4 is 11.9 Å². The number of carbonyl (C=O) groups is 2. The highest BCUT2D eigenvalue weighted by Gasteiger charge is 2.41. The third-order valence-corrected chi connectivity index (χ3v) is 3.71. The van der Waals surface area contributed by atoms with E-state index < -0.39 is 17.6 Å². The Morgan fingerprint density at radius 3 is 2.47 bits per heavy atom. The van der Waals surface area contributed by atoms with E-state index in [1.807, 2.05) is 0 Å². The van der Waals surface area contributed by atoms with E-state index in [4.69, 9.17) is 4.74 Å². The summed E-state index contributed by atoms with van der Waals surface area (Å²) >= 11 is 0. The van der Waals surface area contributed by atoms with Crippen LogP contribution in [-0.4, -0.2) is 35.2 Å². The smallest absolute Gasteiger partial charge is 0.329 e. The first-order valence-electron chi connectivity index (χ1n) is 7.19. The Morgan fingerprint density at radius 2 is 1.95 bits per heavy atom. The summed E-state index contributed by atoms with van der Waals surface area (Å²) in [6.45, 7) is 4.25. The molecule has 2 N–H and O–H groups in total. The molecule has 1 fully saturated rings. The third kappa shape index (κ3) is 4.49. The van der Waals surface area contributed by atoms with Gasteiger partial charge in [-0.2, -0.15) is 0 Å². The van der Waals surface area contributed by atoms with Crippen LogP contribution in [0, 0.1) is 0 Å². The van der Waals surface area contributed by atoms with Crippen LogP contribution < -0.4 is 5.32 Å². The molecule has 0 aromatic heterocycles. The van der Waals surface area contributed by atoms with Crippen LogP contribution in [0.15, 0.2) is 0 Å². The molecule has 0 heterocycles. The predicted octanol–water partition coefficient (Wildman–Crippen LogP) is 2.10. The highest BCUT2D eigenvalue weighted by molar-refractivity contribution is 5.89. The Kier molecular flexibility index (Phi) is 6.28. The Morgan fingerprint density at radius 1 is 1.32 bits per heavy atom. The van der Waals surface area contributed by atoms with Gasteiger partial charge in [-0.25, -0.2) is 4.79 Å². The highest BCUT2D eigenvalue weighted by Crippen LogP contribution is 2.28. The molecule has 1 unspecified atom stereocenters. The zero-order valence-corrected chi connectivity index (χ0v) is 11.9. The lowest BCUT2D eigenvalue weighted by molar-refractivity contribution is -0.151. The maximum absolute atomic E-state index is 12.0. The lowest BCUT2D eigenvalue weighted by atomic mass is 9.81. The van der Waals surface area contributed by atoms with E-state index in [-0.39, 0.29) is 5.91 Å². The molecule has 0 bridgehead atoms. The van der Waals surface area contributed by atoms with E-state index in [0.717, 1.165) is 32.1 Å². The normalized spacial score (nSPS) is 19.7. The minimum Gasteiger partial charge on any atom is -0.480 e. The van der Waals surface area contributed by atoms with Crippen molar-refractivity contribution in [1.29, 1.82) is 0 Å². The predicted molar refractivity (Wildman–Crippen MR) is 71.9 cm³/mol. The summed E-state index contributed by atoms with van der Waals surface area (Å²) < 4.78 is 5.41. The van der Waals surface area contributed by atoms with E-state index in [9.17, 15) is 14.7 Å². The van der Waals surface area contributed by atoms with Crippen LogP contribution in [0.25, 0.3) is 0 Å². The first-order chi connectivity index (χ1) is 9.02. The molecule has 1 amide bonds. The lowest BCUT2D eigenvalue weighted by Gasteiger charge is -2.34. The molecule has 1 atom stereocenters. The summed E-state index contributed by atoms with van der Waals surface area (Å²) in [5, 5.41) is 12.1. The fourth-order valence-corrected chi connectivity index (χ4v) is 2.37. The van der Waals surface area contributed by atoms with Gasteiger partial charge in [0.15, 0.2) is 0 Å². The molecule has 110 valence electrons. The lowest BCUT2D eigenvalue weighted by Crippen LogP contribution is -2.57. The van der Waals surface area contributed by atoms with Crippen LogP contribution in [0.5, 0.6) is 0 Å². The number of rotatable bonds is 7. The van der Waals surface area contributed by atoms with Crippen LogP contribution in [0.3, 0.4) is 0 Å². The number of aliphatic carboxylic acids is 1. The van der Waals surface area contributed by atoms with Gasteiger partial charge in [0, 0.05) is 6.61 Å². The number of hydrogen-bond acceptors (Lipinski definition) is 3. The van der Waals surface area contributed by atoms with Crippen LogP contribution in [0.2, 0.25) is 0 Å². The van der Waals surface area contributed by atoms with Crippen molar-refractivity contribution in [1.82, 2.24) is 5.32 Å². The van der Waals surface area contributed by atoms with Crippen LogP contribution in [-0.2, 0) is 14.3 Å². The molecular formula is C14H25NO4. The van der Waals surface area contributed by atoms with E-state index in [1.165, 1.54) is 0 Å². The standard InChI is InChI=1S/C14H25NO4/c1-3-4-10-19-11(2)12(16)15-14(13(17)18)8-6-5-7-9-14/h11H,3-10H2,1-2H3,(H,15,16)(H,17,18). The SMILES string of the molecule is CCCCOC(C)C(=O)NC1(C(=O)O)CCCCC1. The van der Waals surface area contributed by atoms with Crippen molar-refractivity contribution in [2.75, 3.05) is 6.61 Å². The average Bonchev–Trinajstić information content (AvgIpc) is 2.39. The molecule has 19 heavy (non-hydrogen) atoms. The topological polar surface area (TPSA) is 75.6 Å². The summed E-state index contributed by atoms with van der Waals surface area (Å²) in [5.41, 5.74) is -1.09. The van der Waals surface area contributed by atoms with Gasteiger partial charge in [0.25, 0.3) is 0 Å². The number of carbonyl (C=O) groups excluding carboxylic acids is 1. The van der Waals surface area contributed by atoms with Crippen molar-refractivity contribution in [3.63, 3.8) is 0 Å². The van der Waals surface area contributed by atoms with E-state index >= 15 is 0 Å². The van der Waals surface area contributed by atoms with Gasteiger partial charge in [-0.1, -0.05) is 32.6 Å². The molecule has 5 nitrogen and oxygen atoms in total. The number of ether oxygens (including phenoxy) is 1. The Hall–Kier alpha value is -1.10. The Labute approximate surface area is 114 Å². The fourth-order valence-electron chi connectivity index (χ4n) is 2.37. The molecule has 1 aliphatic rings. The second-order valence-corrected chi connectivity index (χ2v) is 5.30. The van der Waals surface area contributed by atoms with Crippen LogP contribution in [0.1, 0.15) is 58.8 Å². The van der Waals surface area contributed by atoms with Crippen LogP contribution >= 0.6 is 0 Å². The molecule has 0 aromatic carbocycles. The maximum atomic E-state index is 12.0. The highest BCUT2D eigenvalue weighted by atomic mass is 16.5. The monoisotopic (exact) mass is 271 g/mol. The fraction of sp³-hybridized carbons (Fsp3) is 0.857. The van der Waals surface area contributed by atoms with Gasteiger partial charge < -0.3 is 15.2 Å². The molecule has 1 aliphatic carbocycles. The summed E-state index contributed by atoms with van der Waals surface area (Å²) in [6, 6.07) is 0. The first kappa shape index (κ1) is 16.0. The largest absolute Gasteiger partial charge is 0.480 e. The van der Waals surface area contributed by atoms with Gasteiger partial charge in [0.1, 0.15) is 11.6 Å². The van der Waals surface area contributed by atoms with Gasteiger partial charge in [-0.3, -0.25) is 4.79 Å².